The van der Waals surface area contributed by atoms with E-state index in [1.54, 1.807) is 55.5 Å². The Morgan fingerprint density at radius 3 is 2.31 bits per heavy atom. The maximum Gasteiger partial charge on any atom is 0.255 e. The van der Waals surface area contributed by atoms with E-state index in [0.29, 0.717) is 22.6 Å². The van der Waals surface area contributed by atoms with Gasteiger partial charge >= 0.3 is 0 Å². The second kappa shape index (κ2) is 8.76. The molecule has 6 nitrogen and oxygen atoms in total. The van der Waals surface area contributed by atoms with Gasteiger partial charge in [0.1, 0.15) is 17.3 Å². The molecule has 1 heterocycles. The summed E-state index contributed by atoms with van der Waals surface area (Å²) >= 11 is 0. The molecule has 0 unspecified atom stereocenters. The number of rotatable bonds is 6. The van der Waals surface area contributed by atoms with Gasteiger partial charge in [0.05, 0.1) is 16.3 Å². The van der Waals surface area contributed by atoms with Crippen LogP contribution in [0.4, 0.5) is 10.1 Å². The van der Waals surface area contributed by atoms with Gasteiger partial charge in [0, 0.05) is 11.1 Å². The standard InChI is InChI=1S/C24H19FN2O4S/c1-16-22(15-32(29,30)19-7-3-2-4-8-19)27-24(31-16)18-13-11-17(12-14-18)23(28)26-21-10-6-5-9-20(21)25/h2-14H,15H2,1H3,(H,26,28). The third kappa shape index (κ3) is 4.60. The fraction of sp³-hybridized carbons (Fsp3) is 0.0833. The van der Waals surface area contributed by atoms with Gasteiger partial charge in [-0.05, 0) is 55.5 Å². The highest BCUT2D eigenvalue weighted by Gasteiger charge is 2.21. The van der Waals surface area contributed by atoms with Crippen LogP contribution < -0.4 is 5.32 Å². The van der Waals surface area contributed by atoms with Gasteiger partial charge in [0.25, 0.3) is 5.91 Å². The van der Waals surface area contributed by atoms with Crippen molar-refractivity contribution in [3.05, 3.63) is 102 Å². The highest BCUT2D eigenvalue weighted by molar-refractivity contribution is 7.90. The normalized spacial score (nSPS) is 11.3. The van der Waals surface area contributed by atoms with Crippen LogP contribution in [0.25, 0.3) is 11.5 Å². The van der Waals surface area contributed by atoms with Gasteiger partial charge in [-0.25, -0.2) is 17.8 Å². The number of aromatic nitrogens is 1. The first-order valence-electron chi connectivity index (χ1n) is 9.74. The minimum Gasteiger partial charge on any atom is -0.441 e. The lowest BCUT2D eigenvalue weighted by molar-refractivity contribution is 0.102. The molecular weight excluding hydrogens is 431 g/mol. The number of anilines is 1. The van der Waals surface area contributed by atoms with Crippen molar-refractivity contribution < 1.29 is 22.0 Å². The van der Waals surface area contributed by atoms with Crippen LogP contribution in [-0.2, 0) is 15.6 Å². The summed E-state index contributed by atoms with van der Waals surface area (Å²) in [5.41, 5.74) is 1.32. The molecule has 0 bridgehead atoms. The Labute approximate surface area is 184 Å². The molecule has 32 heavy (non-hydrogen) atoms. The molecule has 0 saturated carbocycles. The summed E-state index contributed by atoms with van der Waals surface area (Å²) in [6.45, 7) is 1.66. The van der Waals surface area contributed by atoms with Crippen LogP contribution in [-0.4, -0.2) is 19.3 Å². The predicted molar refractivity (Wildman–Crippen MR) is 118 cm³/mol. The summed E-state index contributed by atoms with van der Waals surface area (Å²) in [5.74, 6) is -0.608. The Bertz CT molecular complexity index is 1360. The molecular formula is C24H19FN2O4S. The van der Waals surface area contributed by atoms with Crippen molar-refractivity contribution in [3.63, 3.8) is 0 Å². The van der Waals surface area contributed by atoms with Crippen LogP contribution in [0.15, 0.2) is 88.2 Å². The Morgan fingerprint density at radius 2 is 1.62 bits per heavy atom. The maximum atomic E-state index is 13.7. The quantitative estimate of drug-likeness (QED) is 0.446. The zero-order chi connectivity index (χ0) is 22.7. The van der Waals surface area contributed by atoms with Crippen LogP contribution in [0.5, 0.6) is 0 Å². The van der Waals surface area contributed by atoms with E-state index < -0.39 is 21.6 Å². The Morgan fingerprint density at radius 1 is 0.969 bits per heavy atom. The number of amides is 1. The van der Waals surface area contributed by atoms with Crippen LogP contribution in [0.2, 0.25) is 0 Å². The molecule has 0 atom stereocenters. The average Bonchev–Trinajstić information content (AvgIpc) is 3.15. The number of oxazole rings is 1. The molecule has 3 aromatic carbocycles. The minimum absolute atomic E-state index is 0.0918. The Kier molecular flexibility index (Phi) is 5.87. The van der Waals surface area contributed by atoms with Crippen molar-refractivity contribution >= 4 is 21.4 Å². The number of aryl methyl sites for hydroxylation is 1. The fourth-order valence-corrected chi connectivity index (χ4v) is 4.46. The highest BCUT2D eigenvalue weighted by Crippen LogP contribution is 2.25. The zero-order valence-electron chi connectivity index (χ0n) is 17.1. The molecule has 0 aliphatic rings. The molecule has 0 aliphatic heterocycles. The van der Waals surface area contributed by atoms with E-state index in [4.69, 9.17) is 4.42 Å². The van der Waals surface area contributed by atoms with Crippen molar-refractivity contribution in [2.24, 2.45) is 0 Å². The predicted octanol–water partition coefficient (Wildman–Crippen LogP) is 5.02. The van der Waals surface area contributed by atoms with Crippen molar-refractivity contribution in [1.29, 1.82) is 0 Å². The molecule has 162 valence electrons. The first-order chi connectivity index (χ1) is 15.3. The summed E-state index contributed by atoms with van der Waals surface area (Å²) in [6, 6.07) is 20.5. The topological polar surface area (TPSA) is 89.3 Å². The molecule has 0 aliphatic carbocycles. The van der Waals surface area contributed by atoms with Crippen molar-refractivity contribution in [3.8, 4) is 11.5 Å². The van der Waals surface area contributed by atoms with E-state index in [-0.39, 0.29) is 22.2 Å². The largest absolute Gasteiger partial charge is 0.441 e. The minimum atomic E-state index is -3.56. The fourth-order valence-electron chi connectivity index (χ4n) is 3.10. The molecule has 0 fully saturated rings. The van der Waals surface area contributed by atoms with E-state index >= 15 is 0 Å². The monoisotopic (exact) mass is 450 g/mol. The SMILES string of the molecule is Cc1oc(-c2ccc(C(=O)Nc3ccccc3F)cc2)nc1CS(=O)(=O)c1ccccc1. The van der Waals surface area contributed by atoms with E-state index in [1.165, 1.54) is 30.3 Å². The highest BCUT2D eigenvalue weighted by atomic mass is 32.2. The number of hydrogen-bond acceptors (Lipinski definition) is 5. The molecule has 0 spiro atoms. The number of nitrogens with one attached hydrogen (secondary N) is 1. The number of hydrogen-bond donors (Lipinski definition) is 1. The van der Waals surface area contributed by atoms with Crippen LogP contribution in [0, 0.1) is 12.7 Å². The van der Waals surface area contributed by atoms with Crippen LogP contribution in [0.3, 0.4) is 0 Å². The number of carbonyl (C=O) groups excluding carboxylic acids is 1. The van der Waals surface area contributed by atoms with Gasteiger partial charge in [-0.2, -0.15) is 0 Å². The summed E-state index contributed by atoms with van der Waals surface area (Å²) in [5, 5.41) is 2.52. The van der Waals surface area contributed by atoms with Gasteiger partial charge in [-0.3, -0.25) is 4.79 Å². The summed E-state index contributed by atoms with van der Waals surface area (Å²) < 4.78 is 44.7. The first kappa shape index (κ1) is 21.5. The number of nitrogens with zero attached hydrogens (tertiary/aromatic N) is 1. The number of para-hydroxylation sites is 1. The number of carbonyl (C=O) groups is 1. The Balaban J connectivity index is 1.51. The molecule has 0 radical (unpaired) electrons. The van der Waals surface area contributed by atoms with Crippen LogP contribution in [0.1, 0.15) is 21.8 Å². The Hall–Kier alpha value is -3.78. The maximum absolute atomic E-state index is 13.7. The molecule has 1 N–H and O–H groups in total. The van der Waals surface area contributed by atoms with Gasteiger partial charge in [0.15, 0.2) is 9.84 Å². The number of halogens is 1. The second-order valence-corrected chi connectivity index (χ2v) is 9.09. The number of benzene rings is 3. The average molecular weight is 450 g/mol. The van der Waals surface area contributed by atoms with Crippen molar-refractivity contribution in [2.75, 3.05) is 5.32 Å². The van der Waals surface area contributed by atoms with Crippen molar-refractivity contribution in [1.82, 2.24) is 4.98 Å². The van der Waals surface area contributed by atoms with E-state index in [1.807, 2.05) is 0 Å². The summed E-state index contributed by atoms with van der Waals surface area (Å²) in [4.78, 5) is 16.9. The first-order valence-corrected chi connectivity index (χ1v) is 11.4. The van der Waals surface area contributed by atoms with Gasteiger partial charge < -0.3 is 9.73 Å². The summed E-state index contributed by atoms with van der Waals surface area (Å²) in [7, 11) is -3.56. The van der Waals surface area contributed by atoms with Crippen molar-refractivity contribution in [2.45, 2.75) is 17.6 Å². The third-order valence-corrected chi connectivity index (χ3v) is 6.48. The molecule has 8 heteroatoms. The molecule has 1 aromatic heterocycles. The second-order valence-electron chi connectivity index (χ2n) is 7.11. The molecule has 0 saturated heterocycles. The molecule has 4 aromatic rings. The van der Waals surface area contributed by atoms with E-state index in [0.717, 1.165) is 0 Å². The van der Waals surface area contributed by atoms with Crippen LogP contribution >= 0.6 is 0 Å². The smallest absolute Gasteiger partial charge is 0.255 e. The zero-order valence-corrected chi connectivity index (χ0v) is 17.9. The number of sulfone groups is 1. The third-order valence-electron chi connectivity index (χ3n) is 4.84. The van der Waals surface area contributed by atoms with Gasteiger partial charge in [0.2, 0.25) is 5.89 Å². The van der Waals surface area contributed by atoms with E-state index in [2.05, 4.69) is 10.3 Å². The molecule has 1 amide bonds. The van der Waals surface area contributed by atoms with E-state index in [9.17, 15) is 17.6 Å². The summed E-state index contributed by atoms with van der Waals surface area (Å²) in [6.07, 6.45) is 0. The van der Waals surface area contributed by atoms with Gasteiger partial charge in [-0.1, -0.05) is 30.3 Å². The van der Waals surface area contributed by atoms with Gasteiger partial charge in [-0.15, -0.1) is 0 Å². The molecule has 4 rings (SSSR count). The lowest BCUT2D eigenvalue weighted by atomic mass is 10.1. The lowest BCUT2D eigenvalue weighted by Gasteiger charge is -2.06. The lowest BCUT2D eigenvalue weighted by Crippen LogP contribution is -2.12.